The molecule has 0 saturated carbocycles. The highest BCUT2D eigenvalue weighted by molar-refractivity contribution is 7.99. The summed E-state index contributed by atoms with van der Waals surface area (Å²) in [4.78, 5) is 1.27. The average molecular weight is 247 g/mol. The summed E-state index contributed by atoms with van der Waals surface area (Å²) in [6.45, 7) is 2.22. The average Bonchev–Trinajstić information content (AvgIpc) is 2.39. The van der Waals surface area contributed by atoms with Crippen molar-refractivity contribution in [1.82, 2.24) is 0 Å². The van der Waals surface area contributed by atoms with E-state index in [0.29, 0.717) is 0 Å². The molecule has 0 spiro atoms. The smallest absolute Gasteiger partial charge is 0.0664 e. The second kappa shape index (κ2) is 9.13. The predicted octanol–water partition coefficient (Wildman–Crippen LogP) is 4.89. The fraction of sp³-hybridized carbons (Fsp3) is 0.533. The molecule has 1 unspecified atom stereocenters. The van der Waals surface area contributed by atoms with Gasteiger partial charge in [0.05, 0.1) is 12.0 Å². The van der Waals surface area contributed by atoms with Crippen LogP contribution < -0.4 is 0 Å². The lowest BCUT2D eigenvalue weighted by atomic mass is 10.0. The number of unbranched alkanes of at least 4 members (excludes halogenated alkanes) is 3. The van der Waals surface area contributed by atoms with Crippen LogP contribution in [0.15, 0.2) is 35.2 Å². The van der Waals surface area contributed by atoms with Gasteiger partial charge in [0.1, 0.15) is 0 Å². The number of nitriles is 1. The first kappa shape index (κ1) is 14.1. The van der Waals surface area contributed by atoms with Gasteiger partial charge in [-0.05, 0) is 18.6 Å². The van der Waals surface area contributed by atoms with Gasteiger partial charge in [-0.15, -0.1) is 11.8 Å². The Bertz CT molecular complexity index is 329. The van der Waals surface area contributed by atoms with Crippen LogP contribution in [-0.2, 0) is 0 Å². The lowest BCUT2D eigenvalue weighted by Gasteiger charge is -2.08. The molecule has 0 amide bonds. The first-order valence-electron chi connectivity index (χ1n) is 6.44. The number of hydrogen-bond acceptors (Lipinski definition) is 2. The maximum Gasteiger partial charge on any atom is 0.0664 e. The van der Waals surface area contributed by atoms with Crippen LogP contribution in [0.25, 0.3) is 0 Å². The minimum absolute atomic E-state index is 0.206. The van der Waals surface area contributed by atoms with Crippen LogP contribution in [-0.4, -0.2) is 5.75 Å². The monoisotopic (exact) mass is 247 g/mol. The molecule has 0 aliphatic rings. The van der Waals surface area contributed by atoms with Crippen molar-refractivity contribution >= 4 is 11.8 Å². The van der Waals surface area contributed by atoms with E-state index in [9.17, 15) is 0 Å². The third-order valence-electron chi connectivity index (χ3n) is 2.78. The quantitative estimate of drug-likeness (QED) is 0.482. The Kier molecular flexibility index (Phi) is 7.58. The van der Waals surface area contributed by atoms with Gasteiger partial charge in [-0.2, -0.15) is 5.26 Å². The molecule has 1 aromatic rings. The van der Waals surface area contributed by atoms with Gasteiger partial charge < -0.3 is 0 Å². The zero-order valence-electron chi connectivity index (χ0n) is 10.6. The summed E-state index contributed by atoms with van der Waals surface area (Å²) in [6, 6.07) is 12.8. The number of rotatable bonds is 8. The van der Waals surface area contributed by atoms with Gasteiger partial charge in [0.2, 0.25) is 0 Å². The molecule has 0 saturated heterocycles. The first-order chi connectivity index (χ1) is 8.36. The summed E-state index contributed by atoms with van der Waals surface area (Å²) in [5.74, 6) is 1.13. The standard InChI is InChI=1S/C15H21NS/c1-2-3-4-6-9-14(12-16)13-17-15-10-7-5-8-11-15/h5,7-8,10-11,14H,2-4,6,9,13H2,1H3. The third kappa shape index (κ3) is 6.38. The molecule has 92 valence electrons. The molecule has 1 rings (SSSR count). The highest BCUT2D eigenvalue weighted by Gasteiger charge is 2.07. The van der Waals surface area contributed by atoms with Gasteiger partial charge >= 0.3 is 0 Å². The van der Waals surface area contributed by atoms with Crippen LogP contribution >= 0.6 is 11.8 Å². The Balaban J connectivity index is 2.21. The molecule has 17 heavy (non-hydrogen) atoms. The van der Waals surface area contributed by atoms with E-state index in [1.165, 1.54) is 30.6 Å². The van der Waals surface area contributed by atoms with Crippen molar-refractivity contribution in [2.24, 2.45) is 5.92 Å². The summed E-state index contributed by atoms with van der Waals surface area (Å²) in [6.07, 6.45) is 6.07. The van der Waals surface area contributed by atoms with Crippen molar-refractivity contribution in [3.8, 4) is 6.07 Å². The van der Waals surface area contributed by atoms with Gasteiger partial charge in [0.25, 0.3) is 0 Å². The van der Waals surface area contributed by atoms with Crippen molar-refractivity contribution in [3.63, 3.8) is 0 Å². The lowest BCUT2D eigenvalue weighted by Crippen LogP contribution is -2.00. The van der Waals surface area contributed by atoms with E-state index >= 15 is 0 Å². The molecule has 1 atom stereocenters. The van der Waals surface area contributed by atoms with E-state index in [1.54, 1.807) is 11.8 Å². The number of thioether (sulfide) groups is 1. The van der Waals surface area contributed by atoms with Crippen molar-refractivity contribution < 1.29 is 0 Å². The molecule has 0 aliphatic carbocycles. The van der Waals surface area contributed by atoms with Gasteiger partial charge in [0, 0.05) is 10.6 Å². The second-order valence-corrected chi connectivity index (χ2v) is 5.39. The Morgan fingerprint density at radius 3 is 2.59 bits per heavy atom. The molecule has 0 N–H and O–H groups in total. The van der Waals surface area contributed by atoms with Gasteiger partial charge in [-0.1, -0.05) is 50.8 Å². The van der Waals surface area contributed by atoms with E-state index in [0.717, 1.165) is 12.2 Å². The number of benzene rings is 1. The third-order valence-corrected chi connectivity index (χ3v) is 3.96. The summed E-state index contributed by atoms with van der Waals surface area (Å²) >= 11 is 1.79. The SMILES string of the molecule is CCCCCCC(C#N)CSc1ccccc1. The normalized spacial score (nSPS) is 12.0. The van der Waals surface area contributed by atoms with Crippen LogP contribution in [0.5, 0.6) is 0 Å². The van der Waals surface area contributed by atoms with E-state index in [-0.39, 0.29) is 5.92 Å². The van der Waals surface area contributed by atoms with Gasteiger partial charge in [0.15, 0.2) is 0 Å². The minimum Gasteiger partial charge on any atom is -0.198 e. The van der Waals surface area contributed by atoms with E-state index in [1.807, 2.05) is 18.2 Å². The van der Waals surface area contributed by atoms with Crippen molar-refractivity contribution in [2.75, 3.05) is 5.75 Å². The number of nitrogens with zero attached hydrogens (tertiary/aromatic N) is 1. The maximum absolute atomic E-state index is 9.10. The zero-order chi connectivity index (χ0) is 12.3. The number of hydrogen-bond donors (Lipinski definition) is 0. The highest BCUT2D eigenvalue weighted by Crippen LogP contribution is 2.22. The Morgan fingerprint density at radius 2 is 1.94 bits per heavy atom. The van der Waals surface area contributed by atoms with Crippen molar-refractivity contribution in [1.29, 1.82) is 5.26 Å². The van der Waals surface area contributed by atoms with Crippen LogP contribution in [0.1, 0.15) is 39.0 Å². The van der Waals surface area contributed by atoms with Crippen molar-refractivity contribution in [3.05, 3.63) is 30.3 Å². The molecule has 2 heteroatoms. The molecule has 0 heterocycles. The van der Waals surface area contributed by atoms with E-state index in [2.05, 4.69) is 25.1 Å². The minimum atomic E-state index is 0.206. The molecule has 0 aromatic heterocycles. The summed E-state index contributed by atoms with van der Waals surface area (Å²) in [7, 11) is 0. The van der Waals surface area contributed by atoms with Crippen molar-refractivity contribution in [2.45, 2.75) is 43.9 Å². The fourth-order valence-corrected chi connectivity index (χ4v) is 2.70. The molecule has 0 bridgehead atoms. The zero-order valence-corrected chi connectivity index (χ0v) is 11.4. The Labute approximate surface area is 109 Å². The molecule has 0 fully saturated rings. The van der Waals surface area contributed by atoms with E-state index < -0.39 is 0 Å². The Hall–Kier alpha value is -0.940. The summed E-state index contributed by atoms with van der Waals surface area (Å²) in [5, 5.41) is 9.10. The summed E-state index contributed by atoms with van der Waals surface area (Å²) in [5.41, 5.74) is 0. The molecule has 0 aliphatic heterocycles. The fourth-order valence-electron chi connectivity index (χ4n) is 1.72. The van der Waals surface area contributed by atoms with Crippen LogP contribution in [0, 0.1) is 17.2 Å². The molecular formula is C15H21NS. The summed E-state index contributed by atoms with van der Waals surface area (Å²) < 4.78 is 0. The molecule has 0 radical (unpaired) electrons. The maximum atomic E-state index is 9.10. The Morgan fingerprint density at radius 1 is 1.18 bits per heavy atom. The van der Waals surface area contributed by atoms with Gasteiger partial charge in [-0.25, -0.2) is 0 Å². The van der Waals surface area contributed by atoms with E-state index in [4.69, 9.17) is 5.26 Å². The second-order valence-electron chi connectivity index (χ2n) is 4.30. The topological polar surface area (TPSA) is 23.8 Å². The molecule has 1 nitrogen and oxygen atoms in total. The molecule has 1 aromatic carbocycles. The molecular weight excluding hydrogens is 226 g/mol. The van der Waals surface area contributed by atoms with Crippen LogP contribution in [0.2, 0.25) is 0 Å². The van der Waals surface area contributed by atoms with Crippen LogP contribution in [0.4, 0.5) is 0 Å². The van der Waals surface area contributed by atoms with Gasteiger partial charge in [-0.3, -0.25) is 0 Å². The first-order valence-corrected chi connectivity index (χ1v) is 7.42. The highest BCUT2D eigenvalue weighted by atomic mass is 32.2. The van der Waals surface area contributed by atoms with Crippen LogP contribution in [0.3, 0.4) is 0 Å². The predicted molar refractivity (Wildman–Crippen MR) is 75.0 cm³/mol. The lowest BCUT2D eigenvalue weighted by molar-refractivity contribution is 0.573. The largest absolute Gasteiger partial charge is 0.198 e.